The lowest BCUT2D eigenvalue weighted by Gasteiger charge is -2.07. The molecule has 1 N–H and O–H groups in total. The van der Waals surface area contributed by atoms with E-state index >= 15 is 0 Å². The van der Waals surface area contributed by atoms with Crippen molar-refractivity contribution in [3.8, 4) is 11.1 Å². The second-order valence-corrected chi connectivity index (χ2v) is 4.85. The molecule has 0 aliphatic heterocycles. The first-order chi connectivity index (χ1) is 8.61. The molecule has 1 heterocycles. The van der Waals surface area contributed by atoms with E-state index in [9.17, 15) is 0 Å². The maximum absolute atomic E-state index is 4.47. The van der Waals surface area contributed by atoms with Gasteiger partial charge in [-0.15, -0.1) is 0 Å². The Balaban J connectivity index is 2.36. The molecule has 18 heavy (non-hydrogen) atoms. The van der Waals surface area contributed by atoms with Crippen molar-refractivity contribution in [1.82, 2.24) is 15.1 Å². The summed E-state index contributed by atoms with van der Waals surface area (Å²) < 4.78 is 2.06. The lowest BCUT2D eigenvalue weighted by Crippen LogP contribution is -2.16. The minimum absolute atomic E-state index is 0.910. The largest absolute Gasteiger partial charge is 0.318 e. The second kappa shape index (κ2) is 5.36. The van der Waals surface area contributed by atoms with Crippen LogP contribution in [0.1, 0.15) is 16.8 Å². The van der Waals surface area contributed by atoms with E-state index in [2.05, 4.69) is 54.1 Å². The lowest BCUT2D eigenvalue weighted by atomic mass is 10.0. The second-order valence-electron chi connectivity index (χ2n) is 4.85. The third kappa shape index (κ3) is 2.62. The van der Waals surface area contributed by atoms with Gasteiger partial charge in [-0.3, -0.25) is 4.68 Å². The van der Waals surface area contributed by atoms with Gasteiger partial charge in [0.2, 0.25) is 0 Å². The summed E-state index contributed by atoms with van der Waals surface area (Å²) >= 11 is 0. The molecule has 0 radical (unpaired) electrons. The number of hydrogen-bond acceptors (Lipinski definition) is 2. The van der Waals surface area contributed by atoms with Crippen LogP contribution in [0.15, 0.2) is 24.4 Å². The molecule has 1 aromatic carbocycles. The molecule has 0 spiro atoms. The van der Waals surface area contributed by atoms with Crippen LogP contribution in [-0.4, -0.2) is 23.4 Å². The highest BCUT2D eigenvalue weighted by Gasteiger charge is 2.08. The van der Waals surface area contributed by atoms with Gasteiger partial charge in [0.25, 0.3) is 0 Å². The molecule has 0 unspecified atom stereocenters. The summed E-state index contributed by atoms with van der Waals surface area (Å²) in [7, 11) is 1.96. The van der Waals surface area contributed by atoms with Gasteiger partial charge in [0.1, 0.15) is 0 Å². The molecule has 0 atom stereocenters. The lowest BCUT2D eigenvalue weighted by molar-refractivity contribution is 0.572. The molecule has 3 heteroatoms. The average molecular weight is 243 g/mol. The molecule has 96 valence electrons. The number of aryl methyl sites for hydroxylation is 2. The Kier molecular flexibility index (Phi) is 3.82. The Morgan fingerprint density at radius 3 is 2.39 bits per heavy atom. The third-order valence-corrected chi connectivity index (χ3v) is 3.21. The molecule has 0 aliphatic carbocycles. The highest BCUT2D eigenvalue weighted by molar-refractivity contribution is 5.66. The van der Waals surface area contributed by atoms with Crippen LogP contribution in [0.4, 0.5) is 0 Å². The van der Waals surface area contributed by atoms with Crippen molar-refractivity contribution in [2.24, 2.45) is 0 Å². The number of aromatic nitrogens is 2. The van der Waals surface area contributed by atoms with Gasteiger partial charge in [-0.2, -0.15) is 5.10 Å². The van der Waals surface area contributed by atoms with Gasteiger partial charge in [0, 0.05) is 17.8 Å². The Labute approximate surface area is 109 Å². The first kappa shape index (κ1) is 12.8. The minimum atomic E-state index is 0.910. The number of nitrogens with one attached hydrogen (secondary N) is 1. The Morgan fingerprint density at radius 1 is 1.11 bits per heavy atom. The number of nitrogens with zero attached hydrogens (tertiary/aromatic N) is 2. The van der Waals surface area contributed by atoms with E-state index in [1.165, 1.54) is 27.9 Å². The summed E-state index contributed by atoms with van der Waals surface area (Å²) in [6.45, 7) is 8.26. The Bertz CT molecular complexity index is 520. The zero-order valence-electron chi connectivity index (χ0n) is 11.6. The average Bonchev–Trinajstić information content (AvgIpc) is 2.67. The van der Waals surface area contributed by atoms with E-state index in [1.807, 2.05) is 13.2 Å². The SMILES string of the molecule is CNCCn1ncc(-c2cc(C)cc(C)c2)c1C. The molecule has 1 aromatic heterocycles. The summed E-state index contributed by atoms with van der Waals surface area (Å²) in [5.41, 5.74) is 6.33. The van der Waals surface area contributed by atoms with Crippen LogP contribution in [0.3, 0.4) is 0 Å². The summed E-state index contributed by atoms with van der Waals surface area (Å²) in [6, 6.07) is 6.64. The van der Waals surface area contributed by atoms with Crippen LogP contribution < -0.4 is 5.32 Å². The van der Waals surface area contributed by atoms with Gasteiger partial charge in [-0.05, 0) is 33.4 Å². The fourth-order valence-corrected chi connectivity index (χ4v) is 2.30. The molecule has 3 nitrogen and oxygen atoms in total. The number of rotatable bonds is 4. The van der Waals surface area contributed by atoms with E-state index in [0.29, 0.717) is 0 Å². The van der Waals surface area contributed by atoms with E-state index < -0.39 is 0 Å². The van der Waals surface area contributed by atoms with Gasteiger partial charge in [-0.25, -0.2) is 0 Å². The van der Waals surface area contributed by atoms with Gasteiger partial charge >= 0.3 is 0 Å². The monoisotopic (exact) mass is 243 g/mol. The predicted molar refractivity (Wildman–Crippen MR) is 75.8 cm³/mol. The van der Waals surface area contributed by atoms with E-state index in [0.717, 1.165) is 13.1 Å². The minimum Gasteiger partial charge on any atom is -0.318 e. The van der Waals surface area contributed by atoms with E-state index in [4.69, 9.17) is 0 Å². The van der Waals surface area contributed by atoms with Crippen molar-refractivity contribution in [2.45, 2.75) is 27.3 Å². The molecular weight excluding hydrogens is 222 g/mol. The van der Waals surface area contributed by atoms with Gasteiger partial charge < -0.3 is 5.32 Å². The quantitative estimate of drug-likeness (QED) is 0.894. The van der Waals surface area contributed by atoms with Crippen molar-refractivity contribution >= 4 is 0 Å². The molecule has 2 rings (SSSR count). The molecule has 0 bridgehead atoms. The molecule has 0 amide bonds. The van der Waals surface area contributed by atoms with Crippen LogP contribution in [0.5, 0.6) is 0 Å². The first-order valence-electron chi connectivity index (χ1n) is 6.37. The van der Waals surface area contributed by atoms with Crippen LogP contribution in [0, 0.1) is 20.8 Å². The molecule has 0 saturated carbocycles. The van der Waals surface area contributed by atoms with Gasteiger partial charge in [0.05, 0.1) is 12.7 Å². The maximum atomic E-state index is 4.47. The number of benzene rings is 1. The fraction of sp³-hybridized carbons (Fsp3) is 0.400. The molecule has 0 saturated heterocycles. The van der Waals surface area contributed by atoms with Gasteiger partial charge in [-0.1, -0.05) is 29.3 Å². The molecule has 2 aromatic rings. The van der Waals surface area contributed by atoms with Crippen LogP contribution >= 0.6 is 0 Å². The summed E-state index contributed by atoms with van der Waals surface area (Å²) in [5.74, 6) is 0. The van der Waals surface area contributed by atoms with E-state index in [-0.39, 0.29) is 0 Å². The van der Waals surface area contributed by atoms with Crippen molar-refractivity contribution < 1.29 is 0 Å². The number of hydrogen-bond donors (Lipinski definition) is 1. The standard InChI is InChI=1S/C15H21N3/c1-11-7-12(2)9-14(8-11)15-10-17-18(13(15)3)6-5-16-4/h7-10,16H,5-6H2,1-4H3. The summed E-state index contributed by atoms with van der Waals surface area (Å²) in [6.07, 6.45) is 1.97. The highest BCUT2D eigenvalue weighted by Crippen LogP contribution is 2.25. The smallest absolute Gasteiger partial charge is 0.0571 e. The highest BCUT2D eigenvalue weighted by atomic mass is 15.3. The summed E-state index contributed by atoms with van der Waals surface area (Å²) in [5, 5.41) is 7.62. The zero-order valence-corrected chi connectivity index (χ0v) is 11.6. The van der Waals surface area contributed by atoms with Gasteiger partial charge in [0.15, 0.2) is 0 Å². The number of likely N-dealkylation sites (N-methyl/N-ethyl adjacent to an activating group) is 1. The van der Waals surface area contributed by atoms with Crippen molar-refractivity contribution in [2.75, 3.05) is 13.6 Å². The predicted octanol–water partition coefficient (Wildman–Crippen LogP) is 2.69. The zero-order chi connectivity index (χ0) is 13.1. The maximum Gasteiger partial charge on any atom is 0.0571 e. The third-order valence-electron chi connectivity index (χ3n) is 3.21. The molecular formula is C15H21N3. The summed E-state index contributed by atoms with van der Waals surface area (Å²) in [4.78, 5) is 0. The molecule has 0 aliphatic rings. The first-order valence-corrected chi connectivity index (χ1v) is 6.37. The van der Waals surface area contributed by atoms with Crippen LogP contribution in [-0.2, 0) is 6.54 Å². The van der Waals surface area contributed by atoms with Crippen molar-refractivity contribution in [3.05, 3.63) is 41.2 Å². The Morgan fingerprint density at radius 2 is 1.78 bits per heavy atom. The normalized spacial score (nSPS) is 10.9. The van der Waals surface area contributed by atoms with E-state index in [1.54, 1.807) is 0 Å². The van der Waals surface area contributed by atoms with Crippen molar-refractivity contribution in [3.63, 3.8) is 0 Å². The molecule has 0 fully saturated rings. The van der Waals surface area contributed by atoms with Crippen molar-refractivity contribution in [1.29, 1.82) is 0 Å². The van der Waals surface area contributed by atoms with Crippen LogP contribution in [0.25, 0.3) is 11.1 Å². The Hall–Kier alpha value is -1.61. The topological polar surface area (TPSA) is 29.9 Å². The van der Waals surface area contributed by atoms with Crippen LogP contribution in [0.2, 0.25) is 0 Å². The fourth-order valence-electron chi connectivity index (χ4n) is 2.30.